The van der Waals surface area contributed by atoms with Gasteiger partial charge in [-0.3, -0.25) is 14.5 Å². The molecule has 1 aromatic carbocycles. The van der Waals surface area contributed by atoms with Crippen LogP contribution in [0, 0.1) is 6.92 Å². The summed E-state index contributed by atoms with van der Waals surface area (Å²) >= 11 is 0. The third-order valence-electron chi connectivity index (χ3n) is 4.46. The lowest BCUT2D eigenvalue weighted by Crippen LogP contribution is -2.47. The molecule has 1 aliphatic rings. The van der Waals surface area contributed by atoms with E-state index in [-0.39, 0.29) is 17.4 Å². The highest BCUT2D eigenvalue weighted by Crippen LogP contribution is 2.15. The number of carbonyl (C=O) groups is 2. The molecule has 1 aromatic rings. The number of aryl methyl sites for hydroxylation is 1. The quantitative estimate of drug-likeness (QED) is 0.857. The Bertz CT molecular complexity index is 637. The number of hydrogen-bond donors (Lipinski definition) is 1. The van der Waals surface area contributed by atoms with Crippen molar-refractivity contribution in [1.82, 2.24) is 15.1 Å². The first kappa shape index (κ1) is 21.2. The van der Waals surface area contributed by atoms with Crippen LogP contribution in [0.1, 0.15) is 39.7 Å². The van der Waals surface area contributed by atoms with Gasteiger partial charge in [-0.2, -0.15) is 0 Å². The summed E-state index contributed by atoms with van der Waals surface area (Å²) in [5.74, 6) is 0.728. The van der Waals surface area contributed by atoms with Crippen molar-refractivity contribution in [2.24, 2.45) is 0 Å². The number of benzene rings is 1. The molecule has 1 fully saturated rings. The van der Waals surface area contributed by atoms with Crippen molar-refractivity contribution in [1.29, 1.82) is 0 Å². The molecule has 1 saturated heterocycles. The molecule has 1 unspecified atom stereocenters. The highest BCUT2D eigenvalue weighted by Gasteiger charge is 2.25. The molecule has 2 rings (SSSR count). The van der Waals surface area contributed by atoms with Crippen LogP contribution in [-0.4, -0.2) is 66.0 Å². The molecule has 6 nitrogen and oxygen atoms in total. The van der Waals surface area contributed by atoms with Gasteiger partial charge in [-0.1, -0.05) is 17.7 Å². The maximum atomic E-state index is 12.7. The van der Waals surface area contributed by atoms with E-state index in [1.165, 1.54) is 0 Å². The monoisotopic (exact) mass is 375 g/mol. The highest BCUT2D eigenvalue weighted by molar-refractivity contribution is 5.81. The molecule has 1 aliphatic heterocycles. The highest BCUT2D eigenvalue weighted by atomic mass is 16.5. The average Bonchev–Trinajstić information content (AvgIpc) is 2.80. The fourth-order valence-corrected chi connectivity index (χ4v) is 3.14. The van der Waals surface area contributed by atoms with Gasteiger partial charge in [-0.15, -0.1) is 0 Å². The predicted octanol–water partition coefficient (Wildman–Crippen LogP) is 2.21. The summed E-state index contributed by atoms with van der Waals surface area (Å²) in [7, 11) is 0. The Morgan fingerprint density at radius 2 is 1.78 bits per heavy atom. The molecule has 1 atom stereocenters. The zero-order chi connectivity index (χ0) is 20.0. The first-order valence-electron chi connectivity index (χ1n) is 9.69. The van der Waals surface area contributed by atoms with Gasteiger partial charge in [-0.05, 0) is 53.2 Å². The summed E-state index contributed by atoms with van der Waals surface area (Å²) < 4.78 is 5.80. The second-order valence-corrected chi connectivity index (χ2v) is 8.33. The minimum atomic E-state index is -0.525. The summed E-state index contributed by atoms with van der Waals surface area (Å²) in [5.41, 5.74) is 0.928. The van der Waals surface area contributed by atoms with Crippen LogP contribution in [0.4, 0.5) is 0 Å². The van der Waals surface area contributed by atoms with E-state index in [2.05, 4.69) is 10.2 Å². The zero-order valence-corrected chi connectivity index (χ0v) is 17.2. The van der Waals surface area contributed by atoms with Gasteiger partial charge in [0.15, 0.2) is 6.10 Å². The van der Waals surface area contributed by atoms with E-state index < -0.39 is 6.10 Å². The van der Waals surface area contributed by atoms with E-state index >= 15 is 0 Å². The Balaban J connectivity index is 1.84. The third kappa shape index (κ3) is 7.21. The van der Waals surface area contributed by atoms with Gasteiger partial charge < -0.3 is 15.0 Å². The Hall–Kier alpha value is -2.08. The fraction of sp³-hybridized carbons (Fsp3) is 0.619. The van der Waals surface area contributed by atoms with E-state index in [1.54, 1.807) is 6.92 Å². The van der Waals surface area contributed by atoms with Gasteiger partial charge in [0.1, 0.15) is 5.75 Å². The maximum absolute atomic E-state index is 12.7. The standard InChI is InChI=1S/C21H33N3O3/c1-16-7-9-18(10-8-16)27-17(2)20(26)24-12-6-11-23(13-14-24)15-19(25)22-21(3,4)5/h7-10,17H,6,11-15H2,1-5H3,(H,22,25). The summed E-state index contributed by atoms with van der Waals surface area (Å²) in [6.45, 7) is 12.9. The average molecular weight is 376 g/mol. The second kappa shape index (κ2) is 9.22. The largest absolute Gasteiger partial charge is 0.481 e. The van der Waals surface area contributed by atoms with E-state index in [9.17, 15) is 9.59 Å². The number of rotatable bonds is 5. The number of amides is 2. The van der Waals surface area contributed by atoms with Crippen molar-refractivity contribution in [3.05, 3.63) is 29.8 Å². The fourth-order valence-electron chi connectivity index (χ4n) is 3.14. The topological polar surface area (TPSA) is 61.9 Å². The van der Waals surface area contributed by atoms with Crippen molar-refractivity contribution >= 4 is 11.8 Å². The van der Waals surface area contributed by atoms with E-state index in [0.717, 1.165) is 18.5 Å². The lowest BCUT2D eigenvalue weighted by Gasteiger charge is -2.26. The Labute approximate surface area is 162 Å². The lowest BCUT2D eigenvalue weighted by atomic mass is 10.1. The van der Waals surface area contributed by atoms with E-state index in [0.29, 0.717) is 31.9 Å². The second-order valence-electron chi connectivity index (χ2n) is 8.33. The Morgan fingerprint density at radius 1 is 1.11 bits per heavy atom. The number of nitrogens with zero attached hydrogens (tertiary/aromatic N) is 2. The molecular formula is C21H33N3O3. The van der Waals surface area contributed by atoms with Crippen molar-refractivity contribution < 1.29 is 14.3 Å². The van der Waals surface area contributed by atoms with Crippen molar-refractivity contribution in [2.75, 3.05) is 32.7 Å². The van der Waals surface area contributed by atoms with Crippen LogP contribution < -0.4 is 10.1 Å². The smallest absolute Gasteiger partial charge is 0.263 e. The molecule has 150 valence electrons. The molecule has 0 radical (unpaired) electrons. The summed E-state index contributed by atoms with van der Waals surface area (Å²) in [5, 5.41) is 2.99. The molecule has 0 bridgehead atoms. The minimum absolute atomic E-state index is 0.00318. The maximum Gasteiger partial charge on any atom is 0.263 e. The van der Waals surface area contributed by atoms with Gasteiger partial charge in [-0.25, -0.2) is 0 Å². The number of ether oxygens (including phenoxy) is 1. The molecule has 0 spiro atoms. The molecular weight excluding hydrogens is 342 g/mol. The van der Waals surface area contributed by atoms with Gasteiger partial charge in [0.25, 0.3) is 5.91 Å². The summed E-state index contributed by atoms with van der Waals surface area (Å²) in [6.07, 6.45) is 0.328. The van der Waals surface area contributed by atoms with Crippen molar-refractivity contribution in [3.63, 3.8) is 0 Å². The molecule has 27 heavy (non-hydrogen) atoms. The van der Waals surface area contributed by atoms with Crippen molar-refractivity contribution in [3.8, 4) is 5.75 Å². The number of nitrogens with one attached hydrogen (secondary N) is 1. The van der Waals surface area contributed by atoms with Crippen LogP contribution in [0.2, 0.25) is 0 Å². The SMILES string of the molecule is Cc1ccc(OC(C)C(=O)N2CCCN(CC(=O)NC(C)(C)C)CC2)cc1. The van der Waals surface area contributed by atoms with Crippen LogP contribution >= 0.6 is 0 Å². The van der Waals surface area contributed by atoms with Gasteiger partial charge in [0.2, 0.25) is 5.91 Å². The molecule has 6 heteroatoms. The molecule has 1 N–H and O–H groups in total. The molecule has 1 heterocycles. The minimum Gasteiger partial charge on any atom is -0.481 e. The first-order chi connectivity index (χ1) is 12.6. The Kier molecular flexibility index (Phi) is 7.25. The summed E-state index contributed by atoms with van der Waals surface area (Å²) in [6, 6.07) is 7.71. The van der Waals surface area contributed by atoms with Gasteiger partial charge in [0.05, 0.1) is 6.54 Å². The Morgan fingerprint density at radius 3 is 2.41 bits per heavy atom. The van der Waals surface area contributed by atoms with Crippen LogP contribution in [-0.2, 0) is 9.59 Å². The van der Waals surface area contributed by atoms with Crippen LogP contribution in [0.5, 0.6) is 5.75 Å². The molecule has 0 aliphatic carbocycles. The van der Waals surface area contributed by atoms with Gasteiger partial charge in [0, 0.05) is 31.7 Å². The van der Waals surface area contributed by atoms with Gasteiger partial charge >= 0.3 is 0 Å². The van der Waals surface area contributed by atoms with E-state index in [1.807, 2.05) is 56.9 Å². The summed E-state index contributed by atoms with van der Waals surface area (Å²) in [4.78, 5) is 28.8. The van der Waals surface area contributed by atoms with Crippen LogP contribution in [0.15, 0.2) is 24.3 Å². The third-order valence-corrected chi connectivity index (χ3v) is 4.46. The molecule has 0 saturated carbocycles. The number of carbonyl (C=O) groups excluding carboxylic acids is 2. The van der Waals surface area contributed by atoms with E-state index in [4.69, 9.17) is 4.74 Å². The normalized spacial score (nSPS) is 17.1. The first-order valence-corrected chi connectivity index (χ1v) is 9.69. The van der Waals surface area contributed by atoms with Crippen LogP contribution in [0.3, 0.4) is 0 Å². The lowest BCUT2D eigenvalue weighted by molar-refractivity contribution is -0.137. The number of hydrogen-bond acceptors (Lipinski definition) is 4. The molecule has 0 aromatic heterocycles. The molecule has 2 amide bonds. The van der Waals surface area contributed by atoms with Crippen molar-refractivity contribution in [2.45, 2.75) is 52.7 Å². The zero-order valence-electron chi connectivity index (χ0n) is 17.2. The van der Waals surface area contributed by atoms with Crippen LogP contribution in [0.25, 0.3) is 0 Å². The predicted molar refractivity (Wildman–Crippen MR) is 107 cm³/mol.